The number of carbonyl (C=O) groups excluding carboxylic acids is 1. The van der Waals surface area contributed by atoms with Gasteiger partial charge in [0.15, 0.2) is 5.82 Å². The molecule has 0 radical (unpaired) electrons. The van der Waals surface area contributed by atoms with Crippen molar-refractivity contribution in [3.8, 4) is 0 Å². The Morgan fingerprint density at radius 2 is 2.44 bits per heavy atom. The highest BCUT2D eigenvalue weighted by Gasteiger charge is 2.33. The van der Waals surface area contributed by atoms with Gasteiger partial charge in [0.1, 0.15) is 6.42 Å². The summed E-state index contributed by atoms with van der Waals surface area (Å²) < 4.78 is 6.57. The molecule has 18 heavy (non-hydrogen) atoms. The van der Waals surface area contributed by atoms with Crippen molar-refractivity contribution in [1.82, 2.24) is 20.1 Å². The van der Waals surface area contributed by atoms with E-state index in [-0.39, 0.29) is 12.4 Å². The van der Waals surface area contributed by atoms with E-state index in [0.717, 1.165) is 32.0 Å². The van der Waals surface area contributed by atoms with Crippen molar-refractivity contribution >= 4 is 11.9 Å². The lowest BCUT2D eigenvalue weighted by Gasteiger charge is -2.36. The molecule has 7 nitrogen and oxygen atoms in total. The van der Waals surface area contributed by atoms with Gasteiger partial charge in [0.25, 0.3) is 0 Å². The van der Waals surface area contributed by atoms with E-state index >= 15 is 0 Å². The molecule has 2 unspecified atom stereocenters. The maximum absolute atomic E-state index is 11.2. The third-order valence-corrected chi connectivity index (χ3v) is 3.61. The van der Waals surface area contributed by atoms with Crippen molar-refractivity contribution in [2.45, 2.75) is 18.9 Å². The number of hydrogen-bond donors (Lipinski definition) is 2. The van der Waals surface area contributed by atoms with Crippen LogP contribution in [0.2, 0.25) is 0 Å². The van der Waals surface area contributed by atoms with Crippen molar-refractivity contribution in [2.75, 3.05) is 32.1 Å². The maximum atomic E-state index is 11.2. The van der Waals surface area contributed by atoms with Gasteiger partial charge < -0.3 is 15.4 Å². The predicted molar refractivity (Wildman–Crippen MR) is 64.2 cm³/mol. The van der Waals surface area contributed by atoms with Crippen molar-refractivity contribution in [1.29, 1.82) is 0 Å². The highest BCUT2D eigenvalue weighted by molar-refractivity contribution is 5.71. The second-order valence-electron chi connectivity index (χ2n) is 4.75. The number of anilines is 1. The minimum absolute atomic E-state index is 0.133. The van der Waals surface area contributed by atoms with Crippen LogP contribution in [-0.4, -0.2) is 47.5 Å². The fraction of sp³-hybridized carbons (Fsp3) is 0.727. The summed E-state index contributed by atoms with van der Waals surface area (Å²) in [5.74, 6) is 1.54. The molecule has 3 rings (SSSR count). The number of piperidine rings is 1. The zero-order valence-electron chi connectivity index (χ0n) is 10.3. The maximum Gasteiger partial charge on any atom is 0.313 e. The molecular weight excluding hydrogens is 234 g/mol. The van der Waals surface area contributed by atoms with Crippen molar-refractivity contribution in [3.05, 3.63) is 5.82 Å². The molecule has 3 heterocycles. The van der Waals surface area contributed by atoms with E-state index in [9.17, 15) is 4.79 Å². The van der Waals surface area contributed by atoms with Gasteiger partial charge in [0.2, 0.25) is 5.95 Å². The van der Waals surface area contributed by atoms with Gasteiger partial charge in [-0.25, -0.2) is 4.68 Å². The number of aromatic nitrogens is 3. The largest absolute Gasteiger partial charge is 0.469 e. The topological polar surface area (TPSA) is 81.1 Å². The van der Waals surface area contributed by atoms with Crippen LogP contribution in [-0.2, 0) is 16.0 Å². The lowest BCUT2D eigenvalue weighted by Crippen LogP contribution is -2.44. The second-order valence-corrected chi connectivity index (χ2v) is 4.75. The monoisotopic (exact) mass is 251 g/mol. The van der Waals surface area contributed by atoms with Crippen LogP contribution in [0.25, 0.3) is 0 Å². The summed E-state index contributed by atoms with van der Waals surface area (Å²) in [5, 5.41) is 11.1. The number of rotatable bonds is 2. The Kier molecular flexibility index (Phi) is 2.91. The van der Waals surface area contributed by atoms with Gasteiger partial charge in [-0.3, -0.25) is 4.79 Å². The number of nitrogens with one attached hydrogen (secondary N) is 2. The Morgan fingerprint density at radius 3 is 3.28 bits per heavy atom. The molecule has 1 saturated heterocycles. The first-order valence-corrected chi connectivity index (χ1v) is 6.24. The standard InChI is InChI=1S/C11H17N5O2/c1-18-10(17)4-9-14-11-13-6-7-5-12-3-2-8(7)16(11)15-9/h7-8,12H,2-6H2,1H3,(H,13,14,15). The molecule has 7 heteroatoms. The predicted octanol–water partition coefficient (Wildman–Crippen LogP) is -0.430. The summed E-state index contributed by atoms with van der Waals surface area (Å²) in [7, 11) is 1.37. The molecule has 2 N–H and O–H groups in total. The molecule has 0 saturated carbocycles. The average Bonchev–Trinajstić information content (AvgIpc) is 2.81. The van der Waals surface area contributed by atoms with Crippen LogP contribution in [0.5, 0.6) is 0 Å². The van der Waals surface area contributed by atoms with Gasteiger partial charge in [-0.05, 0) is 13.0 Å². The van der Waals surface area contributed by atoms with E-state index in [0.29, 0.717) is 17.8 Å². The third-order valence-electron chi connectivity index (χ3n) is 3.61. The first-order valence-electron chi connectivity index (χ1n) is 6.24. The Bertz CT molecular complexity index is 458. The summed E-state index contributed by atoms with van der Waals surface area (Å²) >= 11 is 0. The zero-order chi connectivity index (χ0) is 12.5. The van der Waals surface area contributed by atoms with E-state index in [1.807, 2.05) is 4.68 Å². The Labute approximate surface area is 105 Å². The minimum Gasteiger partial charge on any atom is -0.469 e. The van der Waals surface area contributed by atoms with Crippen LogP contribution in [0.1, 0.15) is 18.3 Å². The summed E-state index contributed by atoms with van der Waals surface area (Å²) in [6, 6.07) is 0.390. The van der Waals surface area contributed by atoms with Gasteiger partial charge in [0.05, 0.1) is 13.2 Å². The van der Waals surface area contributed by atoms with Crippen LogP contribution in [0.4, 0.5) is 5.95 Å². The molecule has 1 aromatic rings. The molecule has 1 aromatic heterocycles. The summed E-state index contributed by atoms with van der Waals surface area (Å²) in [6.07, 6.45) is 1.19. The molecule has 98 valence electrons. The lowest BCUT2D eigenvalue weighted by atomic mass is 9.92. The number of nitrogens with zero attached hydrogens (tertiary/aromatic N) is 3. The van der Waals surface area contributed by atoms with Gasteiger partial charge in [-0.2, -0.15) is 10.1 Å². The van der Waals surface area contributed by atoms with Crippen LogP contribution < -0.4 is 10.6 Å². The molecule has 2 aliphatic heterocycles. The smallest absolute Gasteiger partial charge is 0.313 e. The fourth-order valence-electron chi connectivity index (χ4n) is 2.66. The molecule has 0 aliphatic carbocycles. The Morgan fingerprint density at radius 1 is 1.56 bits per heavy atom. The SMILES string of the molecule is COC(=O)Cc1nc2n(n1)C1CCNCC1CN2. The molecule has 2 aliphatic rings. The molecule has 0 aromatic carbocycles. The summed E-state index contributed by atoms with van der Waals surface area (Å²) in [4.78, 5) is 15.6. The van der Waals surface area contributed by atoms with E-state index in [1.165, 1.54) is 7.11 Å². The van der Waals surface area contributed by atoms with Crippen molar-refractivity contribution < 1.29 is 9.53 Å². The highest BCUT2D eigenvalue weighted by atomic mass is 16.5. The third kappa shape index (κ3) is 1.94. The molecule has 0 amide bonds. The van der Waals surface area contributed by atoms with E-state index in [4.69, 9.17) is 0 Å². The number of esters is 1. The van der Waals surface area contributed by atoms with Crippen molar-refractivity contribution in [3.63, 3.8) is 0 Å². The molecule has 1 fully saturated rings. The fourth-order valence-corrected chi connectivity index (χ4v) is 2.66. The quantitative estimate of drug-likeness (QED) is 0.694. The first-order chi connectivity index (χ1) is 8.78. The Hall–Kier alpha value is -1.63. The van der Waals surface area contributed by atoms with E-state index in [2.05, 4.69) is 25.5 Å². The number of carbonyl (C=O) groups is 1. The summed E-state index contributed by atoms with van der Waals surface area (Å²) in [5.41, 5.74) is 0. The van der Waals surface area contributed by atoms with Gasteiger partial charge in [0, 0.05) is 19.0 Å². The lowest BCUT2D eigenvalue weighted by molar-refractivity contribution is -0.139. The van der Waals surface area contributed by atoms with E-state index in [1.54, 1.807) is 0 Å². The van der Waals surface area contributed by atoms with Crippen LogP contribution in [0, 0.1) is 5.92 Å². The number of hydrogen-bond acceptors (Lipinski definition) is 6. The van der Waals surface area contributed by atoms with Gasteiger partial charge in [-0.1, -0.05) is 0 Å². The minimum atomic E-state index is -0.306. The van der Waals surface area contributed by atoms with Gasteiger partial charge in [-0.15, -0.1) is 0 Å². The highest BCUT2D eigenvalue weighted by Crippen LogP contribution is 2.30. The van der Waals surface area contributed by atoms with Crippen LogP contribution in [0.15, 0.2) is 0 Å². The second kappa shape index (κ2) is 4.56. The van der Waals surface area contributed by atoms with Gasteiger partial charge >= 0.3 is 5.97 Å². The molecule has 0 spiro atoms. The zero-order valence-corrected chi connectivity index (χ0v) is 10.3. The van der Waals surface area contributed by atoms with Crippen molar-refractivity contribution in [2.24, 2.45) is 5.92 Å². The molecular formula is C11H17N5O2. The number of fused-ring (bicyclic) bond motifs is 3. The number of ether oxygens (including phenoxy) is 1. The normalized spacial score (nSPS) is 25.8. The first kappa shape index (κ1) is 11.5. The molecule has 2 atom stereocenters. The summed E-state index contributed by atoms with van der Waals surface area (Å²) in [6.45, 7) is 2.92. The average molecular weight is 251 g/mol. The van der Waals surface area contributed by atoms with Crippen LogP contribution >= 0.6 is 0 Å². The molecule has 0 bridgehead atoms. The van der Waals surface area contributed by atoms with Crippen LogP contribution in [0.3, 0.4) is 0 Å². The Balaban J connectivity index is 1.83. The number of methoxy groups -OCH3 is 1. The van der Waals surface area contributed by atoms with E-state index < -0.39 is 0 Å².